The van der Waals surface area contributed by atoms with Crippen molar-refractivity contribution in [2.24, 2.45) is 0 Å². The van der Waals surface area contributed by atoms with Crippen LogP contribution in [0, 0.1) is 0 Å². The summed E-state index contributed by atoms with van der Waals surface area (Å²) < 4.78 is 0. The number of carboxylic acids is 1. The van der Waals surface area contributed by atoms with E-state index in [9.17, 15) is 9.90 Å². The summed E-state index contributed by atoms with van der Waals surface area (Å²) >= 11 is 1.38. The Morgan fingerprint density at radius 3 is 2.85 bits per heavy atom. The molecule has 0 aliphatic heterocycles. The average molecular weight is 286 g/mol. The third-order valence-corrected chi connectivity index (χ3v) is 3.64. The molecule has 7 heteroatoms. The number of anilines is 1. The van der Waals surface area contributed by atoms with Crippen LogP contribution < -0.4 is 5.32 Å². The van der Waals surface area contributed by atoms with E-state index in [2.05, 4.69) is 20.3 Å². The summed E-state index contributed by atoms with van der Waals surface area (Å²) in [5, 5.41) is 14.1. The lowest BCUT2D eigenvalue weighted by atomic mass is 10.2. The molecule has 1 unspecified atom stereocenters. The molecule has 0 spiro atoms. The van der Waals surface area contributed by atoms with Crippen molar-refractivity contribution in [3.05, 3.63) is 46.9 Å². The standard InChI is InChI=1S/C13H10N4O2S/c18-13(19)11(9-2-1-7-20-9)16-10-4-3-8-12(17-10)15-6-5-14-8/h1-7,11H,(H,18,19)(H,15,16,17). The largest absolute Gasteiger partial charge is 0.479 e. The van der Waals surface area contributed by atoms with Crippen molar-refractivity contribution >= 4 is 34.3 Å². The number of aliphatic carboxylic acids is 1. The molecule has 2 N–H and O–H groups in total. The van der Waals surface area contributed by atoms with Gasteiger partial charge in [0.2, 0.25) is 0 Å². The molecule has 0 aromatic carbocycles. The third kappa shape index (κ3) is 2.43. The van der Waals surface area contributed by atoms with Gasteiger partial charge < -0.3 is 10.4 Å². The second-order valence-corrected chi connectivity index (χ2v) is 5.01. The van der Waals surface area contributed by atoms with Crippen LogP contribution in [0.25, 0.3) is 11.2 Å². The first-order valence-electron chi connectivity index (χ1n) is 5.84. The van der Waals surface area contributed by atoms with E-state index in [1.54, 1.807) is 30.6 Å². The van der Waals surface area contributed by atoms with Gasteiger partial charge in [-0.05, 0) is 23.6 Å². The van der Waals surface area contributed by atoms with Crippen LogP contribution in [0.4, 0.5) is 5.82 Å². The minimum absolute atomic E-state index is 0.457. The van der Waals surface area contributed by atoms with E-state index in [0.29, 0.717) is 17.0 Å². The van der Waals surface area contributed by atoms with Crippen molar-refractivity contribution < 1.29 is 9.90 Å². The summed E-state index contributed by atoms with van der Waals surface area (Å²) in [6.07, 6.45) is 3.13. The highest BCUT2D eigenvalue weighted by atomic mass is 32.1. The molecule has 0 saturated carbocycles. The average Bonchev–Trinajstić information content (AvgIpc) is 2.98. The van der Waals surface area contributed by atoms with Crippen molar-refractivity contribution in [1.82, 2.24) is 15.0 Å². The van der Waals surface area contributed by atoms with Crippen molar-refractivity contribution in [3.63, 3.8) is 0 Å². The van der Waals surface area contributed by atoms with E-state index in [1.807, 2.05) is 11.4 Å². The lowest BCUT2D eigenvalue weighted by Gasteiger charge is -2.13. The minimum atomic E-state index is -0.950. The molecule has 0 bridgehead atoms. The number of carboxylic acid groups (broad SMARTS) is 1. The SMILES string of the molecule is O=C(O)C(Nc1ccc2nccnc2n1)c1cccs1. The topological polar surface area (TPSA) is 88.0 Å². The van der Waals surface area contributed by atoms with Gasteiger partial charge in [-0.1, -0.05) is 6.07 Å². The van der Waals surface area contributed by atoms with Gasteiger partial charge in [-0.15, -0.1) is 11.3 Å². The van der Waals surface area contributed by atoms with Gasteiger partial charge in [0.15, 0.2) is 11.7 Å². The second kappa shape index (κ2) is 5.22. The zero-order valence-electron chi connectivity index (χ0n) is 10.2. The Labute approximate surface area is 118 Å². The quantitative estimate of drug-likeness (QED) is 0.765. The van der Waals surface area contributed by atoms with Crippen molar-refractivity contribution in [2.45, 2.75) is 6.04 Å². The Morgan fingerprint density at radius 2 is 2.10 bits per heavy atom. The van der Waals surface area contributed by atoms with Crippen LogP contribution in [0.15, 0.2) is 42.0 Å². The lowest BCUT2D eigenvalue weighted by Crippen LogP contribution is -2.20. The number of pyridine rings is 1. The monoisotopic (exact) mass is 286 g/mol. The van der Waals surface area contributed by atoms with E-state index in [4.69, 9.17) is 0 Å². The molecule has 6 nitrogen and oxygen atoms in total. The van der Waals surface area contributed by atoms with Gasteiger partial charge in [0.05, 0.1) is 0 Å². The van der Waals surface area contributed by atoms with Crippen molar-refractivity contribution in [2.75, 3.05) is 5.32 Å². The van der Waals surface area contributed by atoms with Crippen LogP contribution in [0.1, 0.15) is 10.9 Å². The van der Waals surface area contributed by atoms with Crippen LogP contribution >= 0.6 is 11.3 Å². The molecule has 0 aliphatic carbocycles. The number of thiophene rings is 1. The Morgan fingerprint density at radius 1 is 1.25 bits per heavy atom. The number of hydrogen-bond donors (Lipinski definition) is 2. The number of hydrogen-bond acceptors (Lipinski definition) is 6. The predicted molar refractivity (Wildman–Crippen MR) is 75.7 cm³/mol. The fourth-order valence-electron chi connectivity index (χ4n) is 1.79. The normalized spacial score (nSPS) is 12.2. The van der Waals surface area contributed by atoms with Crippen LogP contribution in [0.5, 0.6) is 0 Å². The molecular weight excluding hydrogens is 276 g/mol. The highest BCUT2D eigenvalue weighted by Gasteiger charge is 2.21. The fourth-order valence-corrected chi connectivity index (χ4v) is 2.56. The maximum Gasteiger partial charge on any atom is 0.331 e. The summed E-state index contributed by atoms with van der Waals surface area (Å²) in [7, 11) is 0. The smallest absolute Gasteiger partial charge is 0.331 e. The molecule has 3 rings (SSSR count). The van der Waals surface area contributed by atoms with Crippen LogP contribution in [0.2, 0.25) is 0 Å². The predicted octanol–water partition coefficient (Wildman–Crippen LogP) is 2.32. The Hall–Kier alpha value is -2.54. The van der Waals surface area contributed by atoms with E-state index in [0.717, 1.165) is 4.88 Å². The molecule has 0 fully saturated rings. The molecular formula is C13H10N4O2S. The molecule has 0 saturated heterocycles. The Bertz CT molecular complexity index is 745. The fraction of sp³-hybridized carbons (Fsp3) is 0.0769. The van der Waals surface area contributed by atoms with Gasteiger partial charge in [-0.3, -0.25) is 4.98 Å². The number of fused-ring (bicyclic) bond motifs is 1. The molecule has 20 heavy (non-hydrogen) atoms. The van der Waals surface area contributed by atoms with Gasteiger partial charge in [0.25, 0.3) is 0 Å². The van der Waals surface area contributed by atoms with E-state index in [-0.39, 0.29) is 0 Å². The van der Waals surface area contributed by atoms with Crippen molar-refractivity contribution in [3.8, 4) is 0 Å². The van der Waals surface area contributed by atoms with Gasteiger partial charge in [-0.25, -0.2) is 14.8 Å². The zero-order chi connectivity index (χ0) is 13.9. The van der Waals surface area contributed by atoms with E-state index in [1.165, 1.54) is 11.3 Å². The summed E-state index contributed by atoms with van der Waals surface area (Å²) in [5.41, 5.74) is 1.15. The van der Waals surface area contributed by atoms with Crippen LogP contribution in [-0.4, -0.2) is 26.0 Å². The summed E-state index contributed by atoms with van der Waals surface area (Å²) in [5.74, 6) is -0.493. The Balaban J connectivity index is 1.92. The first kappa shape index (κ1) is 12.5. The Kier molecular flexibility index (Phi) is 3.26. The first-order valence-corrected chi connectivity index (χ1v) is 6.72. The van der Waals surface area contributed by atoms with Gasteiger partial charge in [0, 0.05) is 17.3 Å². The summed E-state index contributed by atoms with van der Waals surface area (Å²) in [4.78, 5) is 24.6. The van der Waals surface area contributed by atoms with Gasteiger partial charge in [-0.2, -0.15) is 0 Å². The molecule has 1 atom stereocenters. The number of nitrogens with one attached hydrogen (secondary N) is 1. The van der Waals surface area contributed by atoms with Crippen LogP contribution in [-0.2, 0) is 4.79 Å². The number of aromatic nitrogens is 3. The minimum Gasteiger partial charge on any atom is -0.479 e. The number of carbonyl (C=O) groups is 1. The van der Waals surface area contributed by atoms with E-state index >= 15 is 0 Å². The zero-order valence-corrected chi connectivity index (χ0v) is 11.0. The maximum atomic E-state index is 11.4. The molecule has 0 radical (unpaired) electrons. The molecule has 100 valence electrons. The number of nitrogens with zero attached hydrogens (tertiary/aromatic N) is 3. The molecule has 0 amide bonds. The second-order valence-electron chi connectivity index (χ2n) is 4.03. The molecule has 3 heterocycles. The van der Waals surface area contributed by atoms with Gasteiger partial charge >= 0.3 is 5.97 Å². The van der Waals surface area contributed by atoms with E-state index < -0.39 is 12.0 Å². The summed E-state index contributed by atoms with van der Waals surface area (Å²) in [6.45, 7) is 0. The number of rotatable bonds is 4. The molecule has 3 aromatic rings. The molecule has 0 aliphatic rings. The molecule has 3 aromatic heterocycles. The maximum absolute atomic E-state index is 11.4. The highest BCUT2D eigenvalue weighted by Crippen LogP contribution is 2.23. The van der Waals surface area contributed by atoms with Crippen molar-refractivity contribution in [1.29, 1.82) is 0 Å². The first-order chi connectivity index (χ1) is 9.74. The lowest BCUT2D eigenvalue weighted by molar-refractivity contribution is -0.138. The van der Waals surface area contributed by atoms with Gasteiger partial charge in [0.1, 0.15) is 11.3 Å². The highest BCUT2D eigenvalue weighted by molar-refractivity contribution is 7.10. The summed E-state index contributed by atoms with van der Waals surface area (Å²) in [6, 6.07) is 6.22. The van der Waals surface area contributed by atoms with Crippen LogP contribution in [0.3, 0.4) is 0 Å². The third-order valence-electron chi connectivity index (χ3n) is 2.70.